The molecule has 3 aromatic rings. The molecule has 0 saturated heterocycles. The largest absolute Gasteiger partial charge is 0.454 e. The summed E-state index contributed by atoms with van der Waals surface area (Å²) >= 11 is 1.44. The number of thioether (sulfide) groups is 1. The fourth-order valence-electron chi connectivity index (χ4n) is 3.02. The van der Waals surface area contributed by atoms with E-state index in [2.05, 4.69) is 15.5 Å². The van der Waals surface area contributed by atoms with Gasteiger partial charge in [0.1, 0.15) is 0 Å². The number of rotatable bonds is 7. The van der Waals surface area contributed by atoms with Gasteiger partial charge in [-0.05, 0) is 49.6 Å². The van der Waals surface area contributed by atoms with Crippen LogP contribution in [-0.2, 0) is 4.79 Å². The van der Waals surface area contributed by atoms with E-state index in [4.69, 9.17) is 13.9 Å². The molecule has 1 aliphatic rings. The summed E-state index contributed by atoms with van der Waals surface area (Å²) < 4.78 is 16.4. The highest BCUT2D eigenvalue weighted by molar-refractivity contribution is 7.99. The molecule has 0 spiro atoms. The van der Waals surface area contributed by atoms with Crippen molar-refractivity contribution in [1.82, 2.24) is 10.2 Å². The Bertz CT molecular complexity index is 1010. The van der Waals surface area contributed by atoms with Gasteiger partial charge < -0.3 is 19.2 Å². The Morgan fingerprint density at radius 3 is 2.72 bits per heavy atom. The van der Waals surface area contributed by atoms with Gasteiger partial charge in [0.2, 0.25) is 18.6 Å². The van der Waals surface area contributed by atoms with E-state index in [1.807, 2.05) is 50.2 Å². The lowest BCUT2D eigenvalue weighted by atomic mass is 10.1. The second-order valence-corrected chi connectivity index (χ2v) is 7.75. The van der Waals surface area contributed by atoms with Crippen LogP contribution in [0.5, 0.6) is 11.5 Å². The number of aryl methyl sites for hydroxylation is 2. The molecule has 0 atom stereocenters. The highest BCUT2D eigenvalue weighted by atomic mass is 32.2. The van der Waals surface area contributed by atoms with E-state index in [1.165, 1.54) is 11.8 Å². The van der Waals surface area contributed by atoms with Crippen molar-refractivity contribution in [2.75, 3.05) is 17.9 Å². The molecule has 0 unspecified atom stereocenters. The number of hydrogen-bond acceptors (Lipinski definition) is 7. The molecule has 2 heterocycles. The topological polar surface area (TPSA) is 86.5 Å². The molecule has 1 aliphatic heterocycles. The molecule has 2 aromatic carbocycles. The van der Waals surface area contributed by atoms with Crippen molar-refractivity contribution in [1.29, 1.82) is 0 Å². The molecule has 0 fully saturated rings. The van der Waals surface area contributed by atoms with Crippen LogP contribution in [0.25, 0.3) is 11.5 Å². The number of benzene rings is 2. The number of fused-ring (bicyclic) bond motifs is 1. The number of carbonyl (C=O) groups excluding carboxylic acids is 1. The first-order valence-corrected chi connectivity index (χ1v) is 10.3. The minimum absolute atomic E-state index is 0.00887. The molecule has 0 saturated carbocycles. The van der Waals surface area contributed by atoms with E-state index in [-0.39, 0.29) is 12.7 Å². The summed E-state index contributed by atoms with van der Waals surface area (Å²) in [5.74, 6) is 2.53. The molecule has 150 valence electrons. The fourth-order valence-corrected chi connectivity index (χ4v) is 3.72. The van der Waals surface area contributed by atoms with Crippen molar-refractivity contribution in [3.05, 3.63) is 47.5 Å². The average molecular weight is 411 g/mol. The molecule has 7 nitrogen and oxygen atoms in total. The standard InChI is InChI=1S/C21H21N3O4S/c1-13-5-3-6-14(2)19(13)22-18(25)7-4-10-29-21-24-23-20(28-21)15-8-9-16-17(11-15)27-12-26-16/h3,5-6,8-9,11H,4,7,10,12H2,1-2H3,(H,22,25). The lowest BCUT2D eigenvalue weighted by Crippen LogP contribution is -2.13. The lowest BCUT2D eigenvalue weighted by molar-refractivity contribution is -0.116. The van der Waals surface area contributed by atoms with Crippen molar-refractivity contribution >= 4 is 23.4 Å². The number of hydrogen-bond donors (Lipinski definition) is 1. The van der Waals surface area contributed by atoms with E-state index < -0.39 is 0 Å². The van der Waals surface area contributed by atoms with Gasteiger partial charge in [-0.1, -0.05) is 30.0 Å². The summed E-state index contributed by atoms with van der Waals surface area (Å²) in [6, 6.07) is 11.5. The Kier molecular flexibility index (Phi) is 5.71. The number of para-hydroxylation sites is 1. The van der Waals surface area contributed by atoms with Crippen LogP contribution in [-0.4, -0.2) is 28.7 Å². The van der Waals surface area contributed by atoms with Crippen LogP contribution >= 0.6 is 11.8 Å². The Hall–Kier alpha value is -3.00. The maximum absolute atomic E-state index is 12.2. The van der Waals surface area contributed by atoms with Crippen molar-refractivity contribution in [2.24, 2.45) is 0 Å². The molecule has 1 N–H and O–H groups in total. The Balaban J connectivity index is 1.26. The Morgan fingerprint density at radius 2 is 1.90 bits per heavy atom. The zero-order valence-electron chi connectivity index (χ0n) is 16.2. The second-order valence-electron chi connectivity index (χ2n) is 6.71. The number of nitrogens with zero attached hydrogens (tertiary/aromatic N) is 2. The minimum atomic E-state index is 0.00887. The van der Waals surface area contributed by atoms with Crippen LogP contribution in [0.15, 0.2) is 46.0 Å². The average Bonchev–Trinajstić information content (AvgIpc) is 3.37. The molecule has 0 aliphatic carbocycles. The first-order chi connectivity index (χ1) is 14.1. The third-order valence-electron chi connectivity index (χ3n) is 4.55. The number of anilines is 1. The zero-order valence-corrected chi connectivity index (χ0v) is 17.0. The normalized spacial score (nSPS) is 12.2. The van der Waals surface area contributed by atoms with Gasteiger partial charge in [-0.2, -0.15) is 0 Å². The number of carbonyl (C=O) groups is 1. The molecule has 0 radical (unpaired) electrons. The van der Waals surface area contributed by atoms with E-state index in [1.54, 1.807) is 0 Å². The third-order valence-corrected chi connectivity index (χ3v) is 5.45. The van der Waals surface area contributed by atoms with E-state index in [9.17, 15) is 4.79 Å². The maximum atomic E-state index is 12.2. The molecule has 8 heteroatoms. The molecular formula is C21H21N3O4S. The van der Waals surface area contributed by atoms with Gasteiger partial charge in [0, 0.05) is 23.4 Å². The van der Waals surface area contributed by atoms with Gasteiger partial charge in [0.05, 0.1) is 0 Å². The van der Waals surface area contributed by atoms with Crippen LogP contribution in [0.1, 0.15) is 24.0 Å². The smallest absolute Gasteiger partial charge is 0.276 e. The van der Waals surface area contributed by atoms with Gasteiger partial charge in [0.15, 0.2) is 11.5 Å². The molecule has 29 heavy (non-hydrogen) atoms. The van der Waals surface area contributed by atoms with Crippen molar-refractivity contribution in [3.63, 3.8) is 0 Å². The molecular weight excluding hydrogens is 390 g/mol. The first-order valence-electron chi connectivity index (χ1n) is 9.32. The quantitative estimate of drug-likeness (QED) is 0.449. The van der Waals surface area contributed by atoms with Crippen LogP contribution in [0.3, 0.4) is 0 Å². The minimum Gasteiger partial charge on any atom is -0.454 e. The molecule has 4 rings (SSSR count). The van der Waals surface area contributed by atoms with Gasteiger partial charge in [-0.15, -0.1) is 10.2 Å². The highest BCUT2D eigenvalue weighted by Crippen LogP contribution is 2.36. The van der Waals surface area contributed by atoms with E-state index in [0.717, 1.165) is 22.4 Å². The number of nitrogens with one attached hydrogen (secondary N) is 1. The number of amides is 1. The predicted molar refractivity (Wildman–Crippen MR) is 110 cm³/mol. The maximum Gasteiger partial charge on any atom is 0.276 e. The van der Waals surface area contributed by atoms with Crippen LogP contribution in [0, 0.1) is 13.8 Å². The van der Waals surface area contributed by atoms with Gasteiger partial charge in [0.25, 0.3) is 5.22 Å². The monoisotopic (exact) mass is 411 g/mol. The number of aromatic nitrogens is 2. The number of ether oxygens (including phenoxy) is 2. The molecule has 1 amide bonds. The van der Waals surface area contributed by atoms with Crippen LogP contribution < -0.4 is 14.8 Å². The SMILES string of the molecule is Cc1cccc(C)c1NC(=O)CCCSc1nnc(-c2ccc3c(c2)OCO3)o1. The summed E-state index contributed by atoms with van der Waals surface area (Å²) in [5, 5.41) is 11.6. The molecule has 0 bridgehead atoms. The summed E-state index contributed by atoms with van der Waals surface area (Å²) in [7, 11) is 0. The van der Waals surface area contributed by atoms with Gasteiger partial charge in [-0.25, -0.2) is 0 Å². The molecule has 1 aromatic heterocycles. The van der Waals surface area contributed by atoms with Crippen molar-refractivity contribution < 1.29 is 18.7 Å². The second kappa shape index (κ2) is 8.57. The zero-order chi connectivity index (χ0) is 20.2. The Morgan fingerprint density at radius 1 is 1.10 bits per heavy atom. The summed E-state index contributed by atoms with van der Waals surface area (Å²) in [6.07, 6.45) is 1.15. The first kappa shape index (κ1) is 19.3. The summed E-state index contributed by atoms with van der Waals surface area (Å²) in [4.78, 5) is 12.2. The van der Waals surface area contributed by atoms with Gasteiger partial charge >= 0.3 is 0 Å². The van der Waals surface area contributed by atoms with E-state index >= 15 is 0 Å². The lowest BCUT2D eigenvalue weighted by Gasteiger charge is -2.11. The van der Waals surface area contributed by atoms with Crippen molar-refractivity contribution in [2.45, 2.75) is 31.9 Å². The summed E-state index contributed by atoms with van der Waals surface area (Å²) in [5.41, 5.74) is 3.81. The summed E-state index contributed by atoms with van der Waals surface area (Å²) in [6.45, 7) is 4.21. The fraction of sp³-hybridized carbons (Fsp3) is 0.286. The van der Waals surface area contributed by atoms with Crippen molar-refractivity contribution in [3.8, 4) is 23.0 Å². The van der Waals surface area contributed by atoms with Crippen LogP contribution in [0.2, 0.25) is 0 Å². The van der Waals surface area contributed by atoms with Gasteiger partial charge in [-0.3, -0.25) is 4.79 Å². The highest BCUT2D eigenvalue weighted by Gasteiger charge is 2.17. The predicted octanol–water partition coefficient (Wildman–Crippen LogP) is 4.59. The van der Waals surface area contributed by atoms with E-state index in [0.29, 0.717) is 41.2 Å². The Labute approximate surface area is 172 Å². The van der Waals surface area contributed by atoms with Crippen LogP contribution in [0.4, 0.5) is 5.69 Å². The third kappa shape index (κ3) is 4.54.